The zero-order valence-corrected chi connectivity index (χ0v) is 14.0. The molecule has 0 bridgehead atoms. The monoisotopic (exact) mass is 322 g/mol. The molecule has 6 nitrogen and oxygen atoms in total. The van der Waals surface area contributed by atoms with Crippen molar-refractivity contribution in [1.29, 1.82) is 0 Å². The fourth-order valence-electron chi connectivity index (χ4n) is 2.58. The second-order valence-corrected chi connectivity index (χ2v) is 6.29. The van der Waals surface area contributed by atoms with Crippen LogP contribution in [0.1, 0.15) is 30.9 Å². The summed E-state index contributed by atoms with van der Waals surface area (Å²) in [6, 6.07) is 12.2. The second-order valence-electron chi connectivity index (χ2n) is 6.29. The third-order valence-electron chi connectivity index (χ3n) is 3.67. The Morgan fingerprint density at radius 3 is 2.58 bits per heavy atom. The summed E-state index contributed by atoms with van der Waals surface area (Å²) < 4.78 is 0. The topological polar surface area (TPSA) is 93.4 Å². The van der Waals surface area contributed by atoms with Crippen molar-refractivity contribution in [1.82, 2.24) is 25.1 Å². The molecule has 1 aromatic carbocycles. The van der Waals surface area contributed by atoms with Crippen LogP contribution in [0.3, 0.4) is 0 Å². The summed E-state index contributed by atoms with van der Waals surface area (Å²) in [7, 11) is 0. The van der Waals surface area contributed by atoms with Crippen LogP contribution in [-0.2, 0) is 19.3 Å². The van der Waals surface area contributed by atoms with Gasteiger partial charge in [-0.3, -0.25) is 5.10 Å². The van der Waals surface area contributed by atoms with E-state index < -0.39 is 0 Å². The van der Waals surface area contributed by atoms with Crippen molar-refractivity contribution < 1.29 is 0 Å². The molecule has 6 heteroatoms. The van der Waals surface area contributed by atoms with E-state index in [4.69, 9.17) is 5.73 Å². The van der Waals surface area contributed by atoms with E-state index in [-0.39, 0.29) is 5.95 Å². The Labute approximate surface area is 141 Å². The Kier molecular flexibility index (Phi) is 4.84. The number of hydrogen-bond donors (Lipinski definition) is 2. The van der Waals surface area contributed by atoms with Crippen LogP contribution in [0.4, 0.5) is 5.95 Å². The molecule has 0 aliphatic rings. The van der Waals surface area contributed by atoms with Gasteiger partial charge in [-0.05, 0) is 30.4 Å². The molecule has 0 saturated heterocycles. The van der Waals surface area contributed by atoms with E-state index >= 15 is 0 Å². The first-order valence-electron chi connectivity index (χ1n) is 8.19. The van der Waals surface area contributed by atoms with E-state index in [0.29, 0.717) is 17.4 Å². The quantitative estimate of drug-likeness (QED) is 0.728. The fraction of sp³-hybridized carbons (Fsp3) is 0.333. The van der Waals surface area contributed by atoms with E-state index in [2.05, 4.69) is 51.1 Å². The summed E-state index contributed by atoms with van der Waals surface area (Å²) in [6.45, 7) is 4.29. The number of aryl methyl sites for hydroxylation is 2. The highest BCUT2D eigenvalue weighted by atomic mass is 15.2. The van der Waals surface area contributed by atoms with E-state index in [9.17, 15) is 0 Å². The molecule has 0 aliphatic carbocycles. The lowest BCUT2D eigenvalue weighted by atomic mass is 10.1. The van der Waals surface area contributed by atoms with Crippen molar-refractivity contribution in [2.75, 3.05) is 5.73 Å². The van der Waals surface area contributed by atoms with Gasteiger partial charge in [0.25, 0.3) is 0 Å². The van der Waals surface area contributed by atoms with Crippen LogP contribution in [0.15, 0.2) is 36.4 Å². The van der Waals surface area contributed by atoms with Crippen LogP contribution in [0.5, 0.6) is 0 Å². The maximum Gasteiger partial charge on any atom is 0.220 e. The number of aromatic amines is 1. The number of benzene rings is 1. The van der Waals surface area contributed by atoms with Crippen LogP contribution < -0.4 is 5.73 Å². The van der Waals surface area contributed by atoms with Gasteiger partial charge in [-0.1, -0.05) is 44.2 Å². The lowest BCUT2D eigenvalue weighted by Crippen LogP contribution is -2.04. The van der Waals surface area contributed by atoms with Gasteiger partial charge in [0.1, 0.15) is 11.5 Å². The first kappa shape index (κ1) is 16.1. The first-order valence-corrected chi connectivity index (χ1v) is 8.19. The maximum atomic E-state index is 5.83. The predicted octanol–water partition coefficient (Wildman–Crippen LogP) is 2.83. The zero-order valence-electron chi connectivity index (χ0n) is 14.0. The molecule has 0 saturated carbocycles. The van der Waals surface area contributed by atoms with Crippen molar-refractivity contribution in [3.05, 3.63) is 53.5 Å². The van der Waals surface area contributed by atoms with Crippen LogP contribution in [0.25, 0.3) is 11.5 Å². The SMILES string of the molecule is CC(C)Cc1cc(-c2n[nH]c(CCc3ccccc3)n2)nc(N)n1. The largest absolute Gasteiger partial charge is 0.368 e. The van der Waals surface area contributed by atoms with Gasteiger partial charge >= 0.3 is 0 Å². The minimum absolute atomic E-state index is 0.263. The number of rotatable bonds is 6. The van der Waals surface area contributed by atoms with Crippen LogP contribution in [0.2, 0.25) is 0 Å². The molecule has 3 rings (SSSR count). The molecule has 0 spiro atoms. The van der Waals surface area contributed by atoms with Gasteiger partial charge in [-0.2, -0.15) is 5.10 Å². The lowest BCUT2D eigenvalue weighted by molar-refractivity contribution is 0.635. The van der Waals surface area contributed by atoms with Gasteiger partial charge in [0.2, 0.25) is 5.95 Å². The molecule has 0 unspecified atom stereocenters. The lowest BCUT2D eigenvalue weighted by Gasteiger charge is -2.05. The third-order valence-corrected chi connectivity index (χ3v) is 3.67. The van der Waals surface area contributed by atoms with E-state index in [1.54, 1.807) is 0 Å². The smallest absolute Gasteiger partial charge is 0.220 e. The maximum absolute atomic E-state index is 5.83. The summed E-state index contributed by atoms with van der Waals surface area (Å²) in [6.07, 6.45) is 2.57. The summed E-state index contributed by atoms with van der Waals surface area (Å²) in [5.41, 5.74) is 8.69. The second kappa shape index (κ2) is 7.21. The van der Waals surface area contributed by atoms with Gasteiger partial charge in [-0.25, -0.2) is 15.0 Å². The molecular formula is C18H22N6. The van der Waals surface area contributed by atoms with Crippen LogP contribution in [-0.4, -0.2) is 25.1 Å². The average Bonchev–Trinajstić information content (AvgIpc) is 3.02. The van der Waals surface area contributed by atoms with Crippen molar-refractivity contribution in [2.45, 2.75) is 33.1 Å². The predicted molar refractivity (Wildman–Crippen MR) is 94.2 cm³/mol. The number of anilines is 1. The highest BCUT2D eigenvalue weighted by Crippen LogP contribution is 2.17. The third kappa shape index (κ3) is 4.16. The molecule has 2 heterocycles. The number of nitrogens with one attached hydrogen (secondary N) is 1. The molecular weight excluding hydrogens is 300 g/mol. The van der Waals surface area contributed by atoms with Crippen molar-refractivity contribution in [2.24, 2.45) is 5.92 Å². The number of nitrogens with two attached hydrogens (primary N) is 1. The van der Waals surface area contributed by atoms with Gasteiger partial charge in [0.05, 0.1) is 0 Å². The Morgan fingerprint density at radius 1 is 1.04 bits per heavy atom. The van der Waals surface area contributed by atoms with E-state index in [1.807, 2.05) is 24.3 Å². The van der Waals surface area contributed by atoms with Crippen molar-refractivity contribution in [3.63, 3.8) is 0 Å². The Morgan fingerprint density at radius 2 is 1.83 bits per heavy atom. The Hall–Kier alpha value is -2.76. The molecule has 0 atom stereocenters. The van der Waals surface area contributed by atoms with Crippen molar-refractivity contribution in [3.8, 4) is 11.5 Å². The van der Waals surface area contributed by atoms with Gasteiger partial charge in [0, 0.05) is 12.1 Å². The summed E-state index contributed by atoms with van der Waals surface area (Å²) >= 11 is 0. The highest BCUT2D eigenvalue weighted by molar-refractivity contribution is 5.51. The van der Waals surface area contributed by atoms with E-state index in [1.165, 1.54) is 5.56 Å². The zero-order chi connectivity index (χ0) is 16.9. The Bertz CT molecular complexity index is 794. The average molecular weight is 322 g/mol. The Balaban J connectivity index is 1.74. The molecule has 0 fully saturated rings. The summed E-state index contributed by atoms with van der Waals surface area (Å²) in [5.74, 6) is 2.17. The van der Waals surface area contributed by atoms with Gasteiger partial charge in [-0.15, -0.1) is 0 Å². The number of aromatic nitrogens is 5. The van der Waals surface area contributed by atoms with Gasteiger partial charge < -0.3 is 5.73 Å². The molecule has 3 N–H and O–H groups in total. The molecule has 3 aromatic rings. The normalized spacial score (nSPS) is 11.1. The van der Waals surface area contributed by atoms with Crippen molar-refractivity contribution >= 4 is 5.95 Å². The highest BCUT2D eigenvalue weighted by Gasteiger charge is 2.11. The number of nitrogen functional groups attached to an aromatic ring is 1. The molecule has 0 radical (unpaired) electrons. The van der Waals surface area contributed by atoms with Gasteiger partial charge in [0.15, 0.2) is 5.82 Å². The molecule has 24 heavy (non-hydrogen) atoms. The molecule has 2 aromatic heterocycles. The fourth-order valence-corrected chi connectivity index (χ4v) is 2.58. The minimum Gasteiger partial charge on any atom is -0.368 e. The summed E-state index contributed by atoms with van der Waals surface area (Å²) in [4.78, 5) is 13.1. The molecule has 124 valence electrons. The molecule has 0 amide bonds. The molecule has 0 aliphatic heterocycles. The standard InChI is InChI=1S/C18H22N6/c1-12(2)10-14-11-15(21-18(19)20-14)17-22-16(23-24-17)9-8-13-6-4-3-5-7-13/h3-7,11-12H,8-10H2,1-2H3,(H2,19,20,21)(H,22,23,24). The van der Waals surface area contributed by atoms with Crippen LogP contribution >= 0.6 is 0 Å². The number of hydrogen-bond acceptors (Lipinski definition) is 5. The number of H-pyrrole nitrogens is 1. The number of nitrogens with zero attached hydrogens (tertiary/aromatic N) is 4. The van der Waals surface area contributed by atoms with E-state index in [0.717, 1.165) is 30.8 Å². The first-order chi connectivity index (χ1) is 11.6. The summed E-state index contributed by atoms with van der Waals surface area (Å²) in [5, 5.41) is 7.27. The minimum atomic E-state index is 0.263. The van der Waals surface area contributed by atoms with Crippen LogP contribution in [0, 0.1) is 5.92 Å².